The van der Waals surface area contributed by atoms with E-state index in [2.05, 4.69) is 9.88 Å². The first-order chi connectivity index (χ1) is 8.61. The van der Waals surface area contributed by atoms with E-state index in [1.807, 2.05) is 24.0 Å². The second-order valence-corrected chi connectivity index (χ2v) is 4.63. The molecule has 0 aliphatic carbocycles. The lowest BCUT2D eigenvalue weighted by atomic mass is 10.2. The van der Waals surface area contributed by atoms with Crippen molar-refractivity contribution in [3.05, 3.63) is 23.4 Å². The molecule has 98 valence electrons. The Hall–Kier alpha value is -1.62. The Balaban J connectivity index is 2.14. The lowest BCUT2D eigenvalue weighted by Gasteiger charge is -2.35. The number of hydrogen-bond donors (Lipinski definition) is 1. The van der Waals surface area contributed by atoms with Crippen molar-refractivity contribution in [1.82, 2.24) is 9.88 Å². The van der Waals surface area contributed by atoms with Crippen LogP contribution in [0.2, 0.25) is 0 Å². The summed E-state index contributed by atoms with van der Waals surface area (Å²) in [6.45, 7) is 7.26. The molecule has 0 aromatic carbocycles. The molecule has 0 saturated carbocycles. The van der Waals surface area contributed by atoms with E-state index in [-0.39, 0.29) is 5.91 Å². The van der Waals surface area contributed by atoms with Crippen LogP contribution in [0.1, 0.15) is 18.2 Å². The number of aromatic nitrogens is 1. The molecule has 0 bridgehead atoms. The molecule has 1 amide bonds. The zero-order valence-electron chi connectivity index (χ0n) is 11.0. The van der Waals surface area contributed by atoms with Crippen molar-refractivity contribution in [2.75, 3.05) is 31.1 Å². The van der Waals surface area contributed by atoms with Gasteiger partial charge in [0.2, 0.25) is 5.91 Å². The fraction of sp³-hybridized carbons (Fsp3) is 0.538. The minimum atomic E-state index is 0.144. The maximum atomic E-state index is 11.3. The van der Waals surface area contributed by atoms with E-state index in [0.29, 0.717) is 6.54 Å². The van der Waals surface area contributed by atoms with Gasteiger partial charge in [0.05, 0.1) is 0 Å². The van der Waals surface area contributed by atoms with Crippen LogP contribution < -0.4 is 10.6 Å². The third-order valence-corrected chi connectivity index (χ3v) is 3.34. The normalized spacial score (nSPS) is 15.9. The Morgan fingerprint density at radius 3 is 2.56 bits per heavy atom. The monoisotopic (exact) mass is 248 g/mol. The highest BCUT2D eigenvalue weighted by atomic mass is 16.2. The maximum absolute atomic E-state index is 11.3. The van der Waals surface area contributed by atoms with Gasteiger partial charge in [0.25, 0.3) is 0 Å². The largest absolute Gasteiger partial charge is 0.353 e. The molecule has 2 rings (SSSR count). The Labute approximate surface area is 108 Å². The van der Waals surface area contributed by atoms with Gasteiger partial charge in [-0.05, 0) is 13.0 Å². The van der Waals surface area contributed by atoms with Crippen LogP contribution in [0.3, 0.4) is 0 Å². The van der Waals surface area contributed by atoms with Gasteiger partial charge in [-0.25, -0.2) is 4.98 Å². The number of carbonyl (C=O) groups excluding carboxylic acids is 1. The Kier molecular flexibility index (Phi) is 3.81. The van der Waals surface area contributed by atoms with Crippen LogP contribution in [0, 0.1) is 6.92 Å². The van der Waals surface area contributed by atoms with Gasteiger partial charge in [-0.2, -0.15) is 0 Å². The number of nitrogens with two attached hydrogens (primary N) is 1. The molecular formula is C13H20N4O. The second-order valence-electron chi connectivity index (χ2n) is 4.63. The number of aryl methyl sites for hydroxylation is 1. The van der Waals surface area contributed by atoms with Crippen molar-refractivity contribution in [2.24, 2.45) is 5.73 Å². The standard InChI is InChI=1S/C13H20N4O/c1-10-3-4-12(9-14)13(15-10)17-7-5-16(6-8-17)11(2)18/h3-4H,5-9,14H2,1-2H3. The molecule has 0 atom stereocenters. The highest BCUT2D eigenvalue weighted by Crippen LogP contribution is 2.19. The van der Waals surface area contributed by atoms with Gasteiger partial charge in [-0.3, -0.25) is 4.79 Å². The first-order valence-electron chi connectivity index (χ1n) is 6.29. The number of piperazine rings is 1. The summed E-state index contributed by atoms with van der Waals surface area (Å²) in [4.78, 5) is 20.0. The molecule has 1 fully saturated rings. The molecule has 5 nitrogen and oxygen atoms in total. The summed E-state index contributed by atoms with van der Waals surface area (Å²) in [7, 11) is 0. The molecule has 1 aromatic heterocycles. The highest BCUT2D eigenvalue weighted by molar-refractivity contribution is 5.73. The number of rotatable bonds is 2. The number of amides is 1. The zero-order chi connectivity index (χ0) is 13.1. The molecule has 0 spiro atoms. The Morgan fingerprint density at radius 2 is 2.00 bits per heavy atom. The third-order valence-electron chi connectivity index (χ3n) is 3.34. The van der Waals surface area contributed by atoms with Crippen molar-refractivity contribution in [1.29, 1.82) is 0 Å². The van der Waals surface area contributed by atoms with Gasteiger partial charge in [0.15, 0.2) is 0 Å². The number of carbonyl (C=O) groups is 1. The van der Waals surface area contributed by atoms with Gasteiger partial charge < -0.3 is 15.5 Å². The van der Waals surface area contributed by atoms with E-state index < -0.39 is 0 Å². The minimum absolute atomic E-state index is 0.144. The lowest BCUT2D eigenvalue weighted by molar-refractivity contribution is -0.129. The van der Waals surface area contributed by atoms with Crippen molar-refractivity contribution in [3.8, 4) is 0 Å². The van der Waals surface area contributed by atoms with Gasteiger partial charge in [0, 0.05) is 50.9 Å². The van der Waals surface area contributed by atoms with Crippen molar-refractivity contribution < 1.29 is 4.79 Å². The predicted molar refractivity (Wildman–Crippen MR) is 71.3 cm³/mol. The second kappa shape index (κ2) is 5.35. The fourth-order valence-electron chi connectivity index (χ4n) is 2.24. The average Bonchev–Trinajstić information content (AvgIpc) is 2.39. The summed E-state index contributed by atoms with van der Waals surface area (Å²) in [6.07, 6.45) is 0. The van der Waals surface area contributed by atoms with Crippen LogP contribution in [0.25, 0.3) is 0 Å². The van der Waals surface area contributed by atoms with Crippen LogP contribution in [-0.2, 0) is 11.3 Å². The zero-order valence-corrected chi connectivity index (χ0v) is 11.0. The van der Waals surface area contributed by atoms with Crippen LogP contribution in [-0.4, -0.2) is 42.0 Å². The van der Waals surface area contributed by atoms with Crippen LogP contribution in [0.4, 0.5) is 5.82 Å². The molecule has 1 aliphatic heterocycles. The number of nitrogens with zero attached hydrogens (tertiary/aromatic N) is 3. The molecule has 2 N–H and O–H groups in total. The summed E-state index contributed by atoms with van der Waals surface area (Å²) in [5, 5.41) is 0. The van der Waals surface area contributed by atoms with Crippen molar-refractivity contribution >= 4 is 11.7 Å². The van der Waals surface area contributed by atoms with E-state index in [1.54, 1.807) is 6.92 Å². The fourth-order valence-corrected chi connectivity index (χ4v) is 2.24. The molecule has 0 radical (unpaired) electrons. The Bertz CT molecular complexity index is 439. The number of hydrogen-bond acceptors (Lipinski definition) is 4. The van der Waals surface area contributed by atoms with Gasteiger partial charge in [-0.1, -0.05) is 6.07 Å². The molecule has 5 heteroatoms. The summed E-state index contributed by atoms with van der Waals surface area (Å²) < 4.78 is 0. The molecule has 1 aliphatic rings. The van der Waals surface area contributed by atoms with E-state index in [9.17, 15) is 4.79 Å². The molecule has 0 unspecified atom stereocenters. The van der Waals surface area contributed by atoms with Crippen molar-refractivity contribution in [3.63, 3.8) is 0 Å². The van der Waals surface area contributed by atoms with Crippen LogP contribution >= 0.6 is 0 Å². The summed E-state index contributed by atoms with van der Waals surface area (Å²) in [5.41, 5.74) is 7.81. The van der Waals surface area contributed by atoms with Crippen molar-refractivity contribution in [2.45, 2.75) is 20.4 Å². The minimum Gasteiger partial charge on any atom is -0.353 e. The lowest BCUT2D eigenvalue weighted by Crippen LogP contribution is -2.48. The first kappa shape index (κ1) is 12.8. The quantitative estimate of drug-likeness (QED) is 0.828. The molecular weight excluding hydrogens is 228 g/mol. The number of pyridine rings is 1. The summed E-state index contributed by atoms with van der Waals surface area (Å²) in [6, 6.07) is 4.02. The third kappa shape index (κ3) is 2.61. The van der Waals surface area contributed by atoms with Crippen LogP contribution in [0.15, 0.2) is 12.1 Å². The van der Waals surface area contributed by atoms with E-state index in [4.69, 9.17) is 5.73 Å². The number of anilines is 1. The van der Waals surface area contributed by atoms with Gasteiger partial charge >= 0.3 is 0 Å². The van der Waals surface area contributed by atoms with Crippen LogP contribution in [0.5, 0.6) is 0 Å². The van der Waals surface area contributed by atoms with E-state index in [1.165, 1.54) is 0 Å². The molecule has 1 aromatic rings. The highest BCUT2D eigenvalue weighted by Gasteiger charge is 2.21. The first-order valence-corrected chi connectivity index (χ1v) is 6.29. The molecule has 18 heavy (non-hydrogen) atoms. The molecule has 1 saturated heterocycles. The Morgan fingerprint density at radius 1 is 1.33 bits per heavy atom. The summed E-state index contributed by atoms with van der Waals surface area (Å²) in [5.74, 6) is 1.12. The van der Waals surface area contributed by atoms with E-state index >= 15 is 0 Å². The maximum Gasteiger partial charge on any atom is 0.219 e. The van der Waals surface area contributed by atoms with Gasteiger partial charge in [-0.15, -0.1) is 0 Å². The average molecular weight is 248 g/mol. The van der Waals surface area contributed by atoms with E-state index in [0.717, 1.165) is 43.3 Å². The topological polar surface area (TPSA) is 62.5 Å². The van der Waals surface area contributed by atoms with Gasteiger partial charge in [0.1, 0.15) is 5.82 Å². The summed E-state index contributed by atoms with van der Waals surface area (Å²) >= 11 is 0. The molecule has 2 heterocycles. The smallest absolute Gasteiger partial charge is 0.219 e. The predicted octanol–water partition coefficient (Wildman–Crippen LogP) is 0.517. The SMILES string of the molecule is CC(=O)N1CCN(c2nc(C)ccc2CN)CC1.